The molecular weight excluding hydrogens is 305 g/mol. The maximum atomic E-state index is 12.5. The standard InChI is InChI=1S/C17H17Cl2NO/c1-3-20(16-7-5-4-6-12(16)2)11-17(21)14-9-8-13(18)10-15(14)19/h4-10H,3,11H2,1-2H3. The molecule has 0 aromatic heterocycles. The highest BCUT2D eigenvalue weighted by atomic mass is 35.5. The van der Waals surface area contributed by atoms with Crippen molar-refractivity contribution in [3.05, 3.63) is 63.6 Å². The van der Waals surface area contributed by atoms with Crippen LogP contribution in [0.4, 0.5) is 5.69 Å². The van der Waals surface area contributed by atoms with Crippen LogP contribution in [0.25, 0.3) is 0 Å². The Morgan fingerprint density at radius 1 is 1.14 bits per heavy atom. The van der Waals surface area contributed by atoms with Crippen LogP contribution in [0.1, 0.15) is 22.8 Å². The predicted octanol–water partition coefficient (Wildman–Crippen LogP) is 5.01. The van der Waals surface area contributed by atoms with E-state index in [4.69, 9.17) is 23.2 Å². The van der Waals surface area contributed by atoms with E-state index in [0.717, 1.165) is 17.8 Å². The van der Waals surface area contributed by atoms with Crippen molar-refractivity contribution in [1.29, 1.82) is 0 Å². The van der Waals surface area contributed by atoms with Crippen molar-refractivity contribution >= 4 is 34.7 Å². The van der Waals surface area contributed by atoms with Gasteiger partial charge in [0.05, 0.1) is 11.6 Å². The van der Waals surface area contributed by atoms with Gasteiger partial charge in [0.15, 0.2) is 5.78 Å². The molecule has 0 radical (unpaired) electrons. The number of Topliss-reactive ketones (excluding diaryl/α,β-unsaturated/α-hetero) is 1. The molecule has 0 bridgehead atoms. The van der Waals surface area contributed by atoms with E-state index in [2.05, 4.69) is 0 Å². The molecule has 2 nitrogen and oxygen atoms in total. The summed E-state index contributed by atoms with van der Waals surface area (Å²) >= 11 is 12.0. The molecular formula is C17H17Cl2NO. The van der Waals surface area contributed by atoms with Crippen LogP contribution in [0.3, 0.4) is 0 Å². The fourth-order valence-electron chi connectivity index (χ4n) is 2.26. The number of hydrogen-bond acceptors (Lipinski definition) is 2. The smallest absolute Gasteiger partial charge is 0.183 e. The molecule has 0 amide bonds. The van der Waals surface area contributed by atoms with Gasteiger partial charge in [0.25, 0.3) is 0 Å². The van der Waals surface area contributed by atoms with Gasteiger partial charge in [0, 0.05) is 22.8 Å². The highest BCUT2D eigenvalue weighted by Crippen LogP contribution is 2.23. The fraction of sp³-hybridized carbons (Fsp3) is 0.235. The molecule has 0 atom stereocenters. The largest absolute Gasteiger partial charge is 0.364 e. The zero-order valence-corrected chi connectivity index (χ0v) is 13.6. The number of para-hydroxylation sites is 1. The predicted molar refractivity (Wildman–Crippen MR) is 89.9 cm³/mol. The second-order valence-corrected chi connectivity index (χ2v) is 5.69. The summed E-state index contributed by atoms with van der Waals surface area (Å²) < 4.78 is 0. The number of carbonyl (C=O) groups excluding carboxylic acids is 1. The minimum atomic E-state index is -0.0123. The molecule has 0 aliphatic heterocycles. The summed E-state index contributed by atoms with van der Waals surface area (Å²) in [6, 6.07) is 13.0. The van der Waals surface area contributed by atoms with Gasteiger partial charge in [-0.15, -0.1) is 0 Å². The number of benzene rings is 2. The molecule has 0 N–H and O–H groups in total. The summed E-state index contributed by atoms with van der Waals surface area (Å²) in [6.45, 7) is 5.12. The van der Waals surface area contributed by atoms with Gasteiger partial charge in [-0.05, 0) is 43.7 Å². The van der Waals surface area contributed by atoms with Crippen LogP contribution in [0.2, 0.25) is 10.0 Å². The minimum Gasteiger partial charge on any atom is -0.364 e. The normalized spacial score (nSPS) is 10.5. The molecule has 0 aliphatic rings. The first-order valence-electron chi connectivity index (χ1n) is 6.81. The van der Waals surface area contributed by atoms with Crippen molar-refractivity contribution in [3.8, 4) is 0 Å². The molecule has 0 fully saturated rings. The summed E-state index contributed by atoms with van der Waals surface area (Å²) in [4.78, 5) is 14.5. The molecule has 2 aromatic rings. The Bertz CT molecular complexity index is 655. The van der Waals surface area contributed by atoms with Gasteiger partial charge in [-0.25, -0.2) is 0 Å². The highest BCUT2D eigenvalue weighted by Gasteiger charge is 2.16. The van der Waals surface area contributed by atoms with Crippen molar-refractivity contribution in [1.82, 2.24) is 0 Å². The first-order valence-corrected chi connectivity index (χ1v) is 7.57. The Morgan fingerprint density at radius 2 is 1.86 bits per heavy atom. The van der Waals surface area contributed by atoms with Crippen LogP contribution in [-0.4, -0.2) is 18.9 Å². The number of aryl methyl sites for hydroxylation is 1. The van der Waals surface area contributed by atoms with E-state index >= 15 is 0 Å². The van der Waals surface area contributed by atoms with E-state index in [1.807, 2.05) is 43.0 Å². The average Bonchev–Trinajstić information content (AvgIpc) is 2.45. The SMILES string of the molecule is CCN(CC(=O)c1ccc(Cl)cc1Cl)c1ccccc1C. The van der Waals surface area contributed by atoms with Gasteiger partial charge in [-0.2, -0.15) is 0 Å². The lowest BCUT2D eigenvalue weighted by Gasteiger charge is -2.24. The van der Waals surface area contributed by atoms with Gasteiger partial charge in [0.2, 0.25) is 0 Å². The molecule has 0 spiro atoms. The summed E-state index contributed by atoms with van der Waals surface area (Å²) in [5.41, 5.74) is 2.72. The lowest BCUT2D eigenvalue weighted by atomic mass is 10.1. The highest BCUT2D eigenvalue weighted by molar-refractivity contribution is 6.36. The van der Waals surface area contributed by atoms with Crippen molar-refractivity contribution in [2.24, 2.45) is 0 Å². The molecule has 0 heterocycles. The van der Waals surface area contributed by atoms with Gasteiger partial charge in [-0.1, -0.05) is 41.4 Å². The van der Waals surface area contributed by atoms with Crippen LogP contribution >= 0.6 is 23.2 Å². The Balaban J connectivity index is 2.23. The first kappa shape index (κ1) is 15.9. The van der Waals surface area contributed by atoms with Crippen LogP contribution in [0.15, 0.2) is 42.5 Å². The van der Waals surface area contributed by atoms with Gasteiger partial charge >= 0.3 is 0 Å². The molecule has 0 unspecified atom stereocenters. The lowest BCUT2D eigenvalue weighted by molar-refractivity contribution is 0.0999. The van der Waals surface area contributed by atoms with Crippen LogP contribution in [0.5, 0.6) is 0 Å². The Hall–Kier alpha value is -1.51. The molecule has 4 heteroatoms. The third-order valence-electron chi connectivity index (χ3n) is 3.40. The van der Waals surface area contributed by atoms with E-state index < -0.39 is 0 Å². The fourth-order valence-corrected chi connectivity index (χ4v) is 2.77. The van der Waals surface area contributed by atoms with E-state index in [1.165, 1.54) is 0 Å². The van der Waals surface area contributed by atoms with Crippen LogP contribution < -0.4 is 4.90 Å². The molecule has 2 rings (SSSR count). The molecule has 21 heavy (non-hydrogen) atoms. The van der Waals surface area contributed by atoms with Crippen molar-refractivity contribution < 1.29 is 4.79 Å². The summed E-state index contributed by atoms with van der Waals surface area (Å²) in [5.74, 6) is -0.0123. The van der Waals surface area contributed by atoms with Gasteiger partial charge < -0.3 is 4.90 Å². The third-order valence-corrected chi connectivity index (χ3v) is 3.95. The van der Waals surface area contributed by atoms with Crippen LogP contribution in [0, 0.1) is 6.92 Å². The molecule has 0 saturated carbocycles. The number of hydrogen-bond donors (Lipinski definition) is 0. The number of carbonyl (C=O) groups is 1. The molecule has 0 aliphatic carbocycles. The first-order chi connectivity index (χ1) is 10.0. The summed E-state index contributed by atoms with van der Waals surface area (Å²) in [7, 11) is 0. The number of rotatable bonds is 5. The molecule has 0 saturated heterocycles. The maximum Gasteiger partial charge on any atom is 0.183 e. The van der Waals surface area contributed by atoms with Crippen LogP contribution in [-0.2, 0) is 0 Å². The number of likely N-dealkylation sites (N-methyl/N-ethyl adjacent to an activating group) is 1. The Morgan fingerprint density at radius 3 is 2.48 bits per heavy atom. The zero-order chi connectivity index (χ0) is 15.4. The topological polar surface area (TPSA) is 20.3 Å². The quantitative estimate of drug-likeness (QED) is 0.721. The summed E-state index contributed by atoms with van der Waals surface area (Å²) in [5, 5.41) is 0.927. The Labute approximate surface area is 135 Å². The van der Waals surface area contributed by atoms with E-state index in [0.29, 0.717) is 22.2 Å². The number of nitrogens with zero attached hydrogens (tertiary/aromatic N) is 1. The monoisotopic (exact) mass is 321 g/mol. The Kier molecular flexibility index (Phi) is 5.27. The van der Waals surface area contributed by atoms with Gasteiger partial charge in [-0.3, -0.25) is 4.79 Å². The lowest BCUT2D eigenvalue weighted by Crippen LogP contribution is -2.30. The van der Waals surface area contributed by atoms with E-state index in [9.17, 15) is 4.79 Å². The third kappa shape index (κ3) is 3.78. The number of anilines is 1. The summed E-state index contributed by atoms with van der Waals surface area (Å²) in [6.07, 6.45) is 0. The number of halogens is 2. The minimum absolute atomic E-state index is 0.0123. The molecule has 2 aromatic carbocycles. The second kappa shape index (κ2) is 6.97. The van der Waals surface area contributed by atoms with Crippen molar-refractivity contribution in [2.45, 2.75) is 13.8 Å². The van der Waals surface area contributed by atoms with Crippen molar-refractivity contribution in [2.75, 3.05) is 18.0 Å². The second-order valence-electron chi connectivity index (χ2n) is 4.85. The average molecular weight is 322 g/mol. The zero-order valence-electron chi connectivity index (χ0n) is 12.1. The molecule has 110 valence electrons. The number of ketones is 1. The van der Waals surface area contributed by atoms with E-state index in [-0.39, 0.29) is 5.78 Å². The van der Waals surface area contributed by atoms with E-state index in [1.54, 1.807) is 18.2 Å². The maximum absolute atomic E-state index is 12.5. The van der Waals surface area contributed by atoms with Gasteiger partial charge in [0.1, 0.15) is 0 Å². The van der Waals surface area contributed by atoms with Crippen molar-refractivity contribution in [3.63, 3.8) is 0 Å².